The molecule has 25 heavy (non-hydrogen) atoms. The third kappa shape index (κ3) is 4.70. The van der Waals surface area contributed by atoms with Gasteiger partial charge in [0.2, 0.25) is 0 Å². The molecule has 0 spiro atoms. The third-order valence-electron chi connectivity index (χ3n) is 4.06. The number of benzene rings is 1. The number of methoxy groups -OCH3 is 2. The van der Waals surface area contributed by atoms with Crippen LogP contribution in [0, 0.1) is 0 Å². The summed E-state index contributed by atoms with van der Waals surface area (Å²) in [6.07, 6.45) is 3.14. The summed E-state index contributed by atoms with van der Waals surface area (Å²) in [7, 11) is 2.62. The lowest BCUT2D eigenvalue weighted by atomic mass is 10.0. The molecule has 2 aromatic rings. The molecule has 0 aliphatic heterocycles. The molecule has 1 aromatic heterocycles. The zero-order valence-corrected chi connectivity index (χ0v) is 14.5. The zero-order valence-electron chi connectivity index (χ0n) is 14.5. The van der Waals surface area contributed by atoms with Crippen LogP contribution in [-0.4, -0.2) is 42.4 Å². The summed E-state index contributed by atoms with van der Waals surface area (Å²) >= 11 is 0. The van der Waals surface area contributed by atoms with E-state index in [-0.39, 0.29) is 13.0 Å². The van der Waals surface area contributed by atoms with Crippen LogP contribution in [0.3, 0.4) is 0 Å². The van der Waals surface area contributed by atoms with Crippen molar-refractivity contribution < 1.29 is 24.2 Å². The summed E-state index contributed by atoms with van der Waals surface area (Å²) in [6, 6.07) is 9.94. The molecule has 0 bridgehead atoms. The fourth-order valence-corrected chi connectivity index (χ4v) is 2.83. The first-order chi connectivity index (χ1) is 12.1. The summed E-state index contributed by atoms with van der Waals surface area (Å²) in [5.41, 5.74) is 2.85. The molecule has 0 aliphatic carbocycles. The maximum absolute atomic E-state index is 12.3. The molecule has 0 saturated heterocycles. The van der Waals surface area contributed by atoms with Gasteiger partial charge in [-0.25, -0.2) is 4.79 Å². The van der Waals surface area contributed by atoms with Crippen LogP contribution in [0.4, 0.5) is 0 Å². The lowest BCUT2D eigenvalue weighted by Crippen LogP contribution is -2.16. The van der Waals surface area contributed by atoms with E-state index in [0.717, 1.165) is 17.5 Å². The van der Waals surface area contributed by atoms with Crippen molar-refractivity contribution in [2.24, 2.45) is 0 Å². The average Bonchev–Trinajstić information content (AvgIpc) is 2.97. The fraction of sp³-hybridized carbons (Fsp3) is 0.368. The van der Waals surface area contributed by atoms with Crippen molar-refractivity contribution in [2.45, 2.75) is 25.8 Å². The van der Waals surface area contributed by atoms with Crippen LogP contribution >= 0.6 is 0 Å². The normalized spacial score (nSPS) is 10.5. The molecule has 134 valence electrons. The smallest absolute Gasteiger partial charge is 0.339 e. The van der Waals surface area contributed by atoms with Gasteiger partial charge in [0, 0.05) is 18.4 Å². The van der Waals surface area contributed by atoms with Gasteiger partial charge in [0.25, 0.3) is 0 Å². The first-order valence-corrected chi connectivity index (χ1v) is 8.11. The minimum atomic E-state index is -0.487. The van der Waals surface area contributed by atoms with E-state index in [0.29, 0.717) is 24.2 Å². The molecule has 2 rings (SSSR count). The fourth-order valence-electron chi connectivity index (χ4n) is 2.83. The Hall–Kier alpha value is -2.60. The van der Waals surface area contributed by atoms with Crippen molar-refractivity contribution in [1.82, 2.24) is 4.57 Å². The number of aromatic nitrogens is 1. The lowest BCUT2D eigenvalue weighted by Gasteiger charge is -2.09. The summed E-state index contributed by atoms with van der Waals surface area (Å²) in [5.74, 6) is -0.935. The Morgan fingerprint density at radius 2 is 1.80 bits per heavy atom. The number of aliphatic hydroxyl groups excluding tert-OH is 1. The first-order valence-electron chi connectivity index (χ1n) is 8.11. The van der Waals surface area contributed by atoms with Gasteiger partial charge in [0.15, 0.2) is 0 Å². The van der Waals surface area contributed by atoms with E-state index in [1.54, 1.807) is 4.57 Å². The molecule has 0 amide bonds. The van der Waals surface area contributed by atoms with E-state index >= 15 is 0 Å². The predicted octanol–water partition coefficient (Wildman–Crippen LogP) is 1.77. The number of esters is 2. The highest BCUT2D eigenvalue weighted by Crippen LogP contribution is 2.22. The molecule has 0 unspecified atom stereocenters. The van der Waals surface area contributed by atoms with Crippen molar-refractivity contribution in [3.05, 3.63) is 58.9 Å². The standard InChI is InChI=1S/C19H23NO5/c1-24-17(22)12-16-18(19(23)25-2)15(13-20(16)10-11-21)9-8-14-6-4-3-5-7-14/h3-7,13,21H,8-12H2,1-2H3. The van der Waals surface area contributed by atoms with E-state index in [9.17, 15) is 14.7 Å². The highest BCUT2D eigenvalue weighted by molar-refractivity contribution is 5.94. The Morgan fingerprint density at radius 1 is 1.08 bits per heavy atom. The van der Waals surface area contributed by atoms with Gasteiger partial charge in [-0.05, 0) is 24.0 Å². The van der Waals surface area contributed by atoms with Crippen LogP contribution in [0.15, 0.2) is 36.5 Å². The topological polar surface area (TPSA) is 77.8 Å². The van der Waals surface area contributed by atoms with E-state index in [1.807, 2.05) is 36.5 Å². The summed E-state index contributed by atoms with van der Waals surface area (Å²) in [4.78, 5) is 24.0. The van der Waals surface area contributed by atoms with Crippen LogP contribution in [-0.2, 0) is 40.1 Å². The van der Waals surface area contributed by atoms with E-state index in [2.05, 4.69) is 0 Å². The monoisotopic (exact) mass is 345 g/mol. The number of aliphatic hydroxyl groups is 1. The second-order valence-electron chi connectivity index (χ2n) is 5.62. The predicted molar refractivity (Wildman–Crippen MR) is 92.4 cm³/mol. The Balaban J connectivity index is 2.37. The molecule has 0 aliphatic rings. The Morgan fingerprint density at radius 3 is 2.40 bits per heavy atom. The minimum Gasteiger partial charge on any atom is -0.469 e. The maximum Gasteiger partial charge on any atom is 0.339 e. The van der Waals surface area contributed by atoms with Gasteiger partial charge in [-0.15, -0.1) is 0 Å². The summed E-state index contributed by atoms with van der Waals surface area (Å²) in [5, 5.41) is 9.29. The number of carbonyl (C=O) groups is 2. The second-order valence-corrected chi connectivity index (χ2v) is 5.62. The van der Waals surface area contributed by atoms with Crippen molar-refractivity contribution in [2.75, 3.05) is 20.8 Å². The molecule has 6 nitrogen and oxygen atoms in total. The zero-order chi connectivity index (χ0) is 18.2. The average molecular weight is 345 g/mol. The molecule has 1 aromatic carbocycles. The second kappa shape index (κ2) is 9.03. The van der Waals surface area contributed by atoms with Crippen molar-refractivity contribution in [3.63, 3.8) is 0 Å². The Kier molecular flexibility index (Phi) is 6.77. The molecule has 0 saturated carbocycles. The number of rotatable bonds is 8. The highest BCUT2D eigenvalue weighted by Gasteiger charge is 2.24. The number of nitrogens with zero attached hydrogens (tertiary/aromatic N) is 1. The van der Waals surface area contributed by atoms with Gasteiger partial charge in [-0.2, -0.15) is 0 Å². The lowest BCUT2D eigenvalue weighted by molar-refractivity contribution is -0.139. The molecular weight excluding hydrogens is 322 g/mol. The highest BCUT2D eigenvalue weighted by atomic mass is 16.5. The van der Waals surface area contributed by atoms with Crippen molar-refractivity contribution in [3.8, 4) is 0 Å². The van der Waals surface area contributed by atoms with Gasteiger partial charge < -0.3 is 19.1 Å². The molecule has 0 radical (unpaired) electrons. The number of hydrogen-bond acceptors (Lipinski definition) is 5. The minimum absolute atomic E-state index is 0.0493. The molecule has 6 heteroatoms. The molecule has 1 N–H and O–H groups in total. The number of ether oxygens (including phenoxy) is 2. The van der Waals surface area contributed by atoms with Gasteiger partial charge >= 0.3 is 11.9 Å². The van der Waals surface area contributed by atoms with Crippen LogP contribution < -0.4 is 0 Å². The first kappa shape index (κ1) is 18.7. The molecule has 0 fully saturated rings. The number of carbonyl (C=O) groups excluding carboxylic acids is 2. The van der Waals surface area contributed by atoms with Gasteiger partial charge in [-0.3, -0.25) is 4.79 Å². The van der Waals surface area contributed by atoms with Crippen LogP contribution in [0.1, 0.15) is 27.2 Å². The van der Waals surface area contributed by atoms with Gasteiger partial charge in [0.1, 0.15) is 0 Å². The third-order valence-corrected chi connectivity index (χ3v) is 4.06. The van der Waals surface area contributed by atoms with Crippen LogP contribution in [0.2, 0.25) is 0 Å². The SMILES string of the molecule is COC(=O)Cc1c(C(=O)OC)c(CCc2ccccc2)cn1CCO. The Bertz CT molecular complexity index is 721. The largest absolute Gasteiger partial charge is 0.469 e. The van der Waals surface area contributed by atoms with Gasteiger partial charge in [0.05, 0.1) is 32.8 Å². The van der Waals surface area contributed by atoms with Crippen LogP contribution in [0.5, 0.6) is 0 Å². The van der Waals surface area contributed by atoms with Crippen LogP contribution in [0.25, 0.3) is 0 Å². The summed E-state index contributed by atoms with van der Waals surface area (Å²) in [6.45, 7) is 0.198. The molecule has 1 heterocycles. The quantitative estimate of drug-likeness (QED) is 0.738. The van der Waals surface area contributed by atoms with Crippen molar-refractivity contribution >= 4 is 11.9 Å². The Labute approximate surface area is 147 Å². The summed E-state index contributed by atoms with van der Waals surface area (Å²) < 4.78 is 11.4. The molecule has 0 atom stereocenters. The van der Waals surface area contributed by atoms with Gasteiger partial charge in [-0.1, -0.05) is 30.3 Å². The van der Waals surface area contributed by atoms with Crippen molar-refractivity contribution in [1.29, 1.82) is 0 Å². The van der Waals surface area contributed by atoms with E-state index < -0.39 is 11.9 Å². The van der Waals surface area contributed by atoms with E-state index in [1.165, 1.54) is 14.2 Å². The van der Waals surface area contributed by atoms with E-state index in [4.69, 9.17) is 9.47 Å². The number of hydrogen-bond donors (Lipinski definition) is 1. The molecular formula is C19H23NO5. The maximum atomic E-state index is 12.3. The number of aryl methyl sites for hydroxylation is 2.